The molecule has 9 rings (SSSR count). The molecule has 1 atom stereocenters. The summed E-state index contributed by atoms with van der Waals surface area (Å²) in [6.07, 6.45) is 18.8. The monoisotopic (exact) mass is 737 g/mol. The fourth-order valence-corrected chi connectivity index (χ4v) is 8.94. The van der Waals surface area contributed by atoms with Crippen LogP contribution in [0.5, 0.6) is 0 Å². The van der Waals surface area contributed by atoms with E-state index in [9.17, 15) is 0 Å². The van der Waals surface area contributed by atoms with Crippen LogP contribution in [0.1, 0.15) is 36.0 Å². The smallest absolute Gasteiger partial charge is 0.0488 e. The van der Waals surface area contributed by atoms with Gasteiger partial charge in [-0.2, -0.15) is 0 Å². The van der Waals surface area contributed by atoms with E-state index in [4.69, 9.17) is 12.6 Å². The lowest BCUT2D eigenvalue weighted by Gasteiger charge is -2.39. The molecule has 0 saturated carbocycles. The van der Waals surface area contributed by atoms with E-state index in [0.29, 0.717) is 0 Å². The molecule has 7 aromatic rings. The summed E-state index contributed by atoms with van der Waals surface area (Å²) >= 11 is 4.98. The standard InChI is InChI=1S/C54H43NS/c1-39-16-5-4-14-37-54(44-21-8-3-9-22-44,51-26-13-12-24-49(39)51)45-30-34-47(35-31-45)55(46-32-27-41(28-33-46)40-17-6-2-7-18-40)48-23-15-20-43(38-48)53-50-25-11-10-19-42(50)29-36-52(53)56/h2,4-8,10-36,38,56H,1,3,9,37H2/b14-4-,16-5-. The predicted octanol–water partition coefficient (Wildman–Crippen LogP) is 15.0. The normalized spacial score (nSPS) is 17.6. The summed E-state index contributed by atoms with van der Waals surface area (Å²) in [6.45, 7) is 4.51. The zero-order valence-corrected chi connectivity index (χ0v) is 32.2. The molecule has 7 aromatic carbocycles. The molecule has 0 bridgehead atoms. The van der Waals surface area contributed by atoms with Crippen LogP contribution in [-0.2, 0) is 5.41 Å². The summed E-state index contributed by atoms with van der Waals surface area (Å²) < 4.78 is 0. The number of thiol groups is 1. The first kappa shape index (κ1) is 35.4. The minimum atomic E-state index is -0.392. The van der Waals surface area contributed by atoms with Gasteiger partial charge >= 0.3 is 0 Å². The van der Waals surface area contributed by atoms with Gasteiger partial charge in [0.2, 0.25) is 0 Å². The van der Waals surface area contributed by atoms with E-state index in [2.05, 4.69) is 218 Å². The second-order valence-corrected chi connectivity index (χ2v) is 15.1. The van der Waals surface area contributed by atoms with Gasteiger partial charge in [0.15, 0.2) is 0 Å². The highest BCUT2D eigenvalue weighted by Gasteiger charge is 2.38. The van der Waals surface area contributed by atoms with Crippen molar-refractivity contribution in [3.63, 3.8) is 0 Å². The van der Waals surface area contributed by atoms with Crippen LogP contribution in [-0.4, -0.2) is 0 Å². The van der Waals surface area contributed by atoms with Gasteiger partial charge in [0.05, 0.1) is 0 Å². The number of hydrogen-bond donors (Lipinski definition) is 1. The summed E-state index contributed by atoms with van der Waals surface area (Å²) in [6, 6.07) is 59.3. The SMILES string of the molecule is C=C1/C=C\C=C/CC(C2=CCCC=C2)(c2ccc(N(c3ccc(-c4ccccc4)cc3)c3cccc(-c4c(S)ccc5ccccc45)c3)cc2)c2ccccc21. The van der Waals surface area contributed by atoms with E-state index in [1.807, 2.05) is 0 Å². The summed E-state index contributed by atoms with van der Waals surface area (Å²) in [7, 11) is 0. The number of rotatable bonds is 7. The fourth-order valence-electron chi connectivity index (χ4n) is 8.61. The maximum atomic E-state index is 4.98. The molecular formula is C54H43NS. The lowest BCUT2D eigenvalue weighted by atomic mass is 9.64. The van der Waals surface area contributed by atoms with Crippen molar-refractivity contribution >= 4 is 46.0 Å². The van der Waals surface area contributed by atoms with E-state index in [1.54, 1.807) is 0 Å². The highest BCUT2D eigenvalue weighted by atomic mass is 32.1. The lowest BCUT2D eigenvalue weighted by Crippen LogP contribution is -2.31. The highest BCUT2D eigenvalue weighted by Crippen LogP contribution is 2.49. The first-order valence-electron chi connectivity index (χ1n) is 19.5. The quantitative estimate of drug-likeness (QED) is 0.159. The molecule has 270 valence electrons. The predicted molar refractivity (Wildman–Crippen MR) is 242 cm³/mol. The fraction of sp³-hybridized carbons (Fsp3) is 0.0741. The molecule has 2 heteroatoms. The molecule has 0 amide bonds. The lowest BCUT2D eigenvalue weighted by molar-refractivity contribution is 0.618. The molecule has 0 spiro atoms. The van der Waals surface area contributed by atoms with Crippen LogP contribution in [0.2, 0.25) is 0 Å². The second kappa shape index (κ2) is 15.4. The molecular weight excluding hydrogens is 695 g/mol. The van der Waals surface area contributed by atoms with Crippen molar-refractivity contribution in [1.82, 2.24) is 0 Å². The number of allylic oxidation sites excluding steroid dienone is 9. The second-order valence-electron chi connectivity index (χ2n) is 14.6. The summed E-state index contributed by atoms with van der Waals surface area (Å²) in [5.74, 6) is 0. The van der Waals surface area contributed by atoms with Crippen LogP contribution >= 0.6 is 12.6 Å². The van der Waals surface area contributed by atoms with Gasteiger partial charge in [0, 0.05) is 32.9 Å². The Morgan fingerprint density at radius 2 is 1.27 bits per heavy atom. The maximum Gasteiger partial charge on any atom is 0.0488 e. The average Bonchev–Trinajstić information content (AvgIpc) is 3.33. The van der Waals surface area contributed by atoms with Crippen LogP contribution in [0.3, 0.4) is 0 Å². The summed E-state index contributed by atoms with van der Waals surface area (Å²) in [4.78, 5) is 3.34. The molecule has 0 radical (unpaired) electrons. The van der Waals surface area contributed by atoms with Crippen LogP contribution in [0.15, 0.2) is 223 Å². The molecule has 1 unspecified atom stereocenters. The Labute approximate surface area is 336 Å². The van der Waals surface area contributed by atoms with Gasteiger partial charge in [0.25, 0.3) is 0 Å². The molecule has 0 fully saturated rings. The minimum absolute atomic E-state index is 0.392. The van der Waals surface area contributed by atoms with Crippen molar-refractivity contribution < 1.29 is 0 Å². The molecule has 0 aromatic heterocycles. The molecule has 0 saturated heterocycles. The van der Waals surface area contributed by atoms with Gasteiger partial charge in [0.1, 0.15) is 0 Å². The van der Waals surface area contributed by atoms with Crippen molar-refractivity contribution in [3.8, 4) is 22.3 Å². The number of hydrogen-bond acceptors (Lipinski definition) is 2. The first-order chi connectivity index (χ1) is 27.6. The van der Waals surface area contributed by atoms with E-state index in [0.717, 1.165) is 57.9 Å². The zero-order valence-electron chi connectivity index (χ0n) is 31.4. The number of benzene rings is 7. The van der Waals surface area contributed by atoms with Crippen molar-refractivity contribution in [3.05, 3.63) is 235 Å². The van der Waals surface area contributed by atoms with Gasteiger partial charge in [-0.25, -0.2) is 0 Å². The van der Waals surface area contributed by atoms with Crippen molar-refractivity contribution in [2.24, 2.45) is 0 Å². The van der Waals surface area contributed by atoms with Crippen molar-refractivity contribution in [1.29, 1.82) is 0 Å². The maximum absolute atomic E-state index is 4.98. The minimum Gasteiger partial charge on any atom is -0.310 e. The van der Waals surface area contributed by atoms with E-state index >= 15 is 0 Å². The van der Waals surface area contributed by atoms with Crippen molar-refractivity contribution in [2.75, 3.05) is 4.90 Å². The van der Waals surface area contributed by atoms with Crippen LogP contribution in [0.4, 0.5) is 17.1 Å². The Bertz CT molecular complexity index is 2680. The molecule has 56 heavy (non-hydrogen) atoms. The van der Waals surface area contributed by atoms with E-state index < -0.39 is 5.41 Å². The molecule has 2 aliphatic rings. The third-order valence-corrected chi connectivity index (χ3v) is 11.7. The van der Waals surface area contributed by atoms with Gasteiger partial charge in [-0.05, 0) is 117 Å². The Morgan fingerprint density at radius 1 is 0.554 bits per heavy atom. The van der Waals surface area contributed by atoms with Gasteiger partial charge < -0.3 is 4.90 Å². The van der Waals surface area contributed by atoms with Crippen LogP contribution < -0.4 is 4.90 Å². The summed E-state index contributed by atoms with van der Waals surface area (Å²) in [5.41, 5.74) is 13.6. The third-order valence-electron chi connectivity index (χ3n) is 11.3. The molecule has 0 heterocycles. The molecule has 0 aliphatic heterocycles. The number of anilines is 3. The largest absolute Gasteiger partial charge is 0.310 e. The Balaban J connectivity index is 1.21. The van der Waals surface area contributed by atoms with E-state index in [1.165, 1.54) is 44.2 Å². The third kappa shape index (κ3) is 6.57. The number of nitrogens with zero attached hydrogens (tertiary/aromatic N) is 1. The highest BCUT2D eigenvalue weighted by molar-refractivity contribution is 7.80. The Hall–Kier alpha value is -6.35. The molecule has 1 nitrogen and oxygen atoms in total. The zero-order chi connectivity index (χ0) is 37.9. The first-order valence-corrected chi connectivity index (χ1v) is 19.9. The number of fused-ring (bicyclic) bond motifs is 2. The van der Waals surface area contributed by atoms with Crippen LogP contribution in [0.25, 0.3) is 38.6 Å². The molecule has 0 N–H and O–H groups in total. The molecule has 2 aliphatic carbocycles. The van der Waals surface area contributed by atoms with Crippen LogP contribution in [0, 0.1) is 0 Å². The summed E-state index contributed by atoms with van der Waals surface area (Å²) in [5, 5.41) is 2.39. The van der Waals surface area contributed by atoms with Crippen molar-refractivity contribution in [2.45, 2.75) is 29.6 Å². The van der Waals surface area contributed by atoms with E-state index in [-0.39, 0.29) is 0 Å². The Morgan fingerprint density at radius 3 is 2.07 bits per heavy atom. The van der Waals surface area contributed by atoms with Gasteiger partial charge in [-0.15, -0.1) is 12.6 Å². The topological polar surface area (TPSA) is 3.24 Å². The van der Waals surface area contributed by atoms with Gasteiger partial charge in [-0.1, -0.05) is 170 Å². The average molecular weight is 738 g/mol. The Kier molecular flexibility index (Phi) is 9.73. The van der Waals surface area contributed by atoms with Gasteiger partial charge in [-0.3, -0.25) is 0 Å².